The minimum Gasteiger partial charge on any atom is -0.309 e. The molecule has 0 saturated heterocycles. The van der Waals surface area contributed by atoms with Crippen molar-refractivity contribution in [3.05, 3.63) is 35.9 Å². The van der Waals surface area contributed by atoms with E-state index in [1.54, 1.807) is 6.92 Å². The zero-order chi connectivity index (χ0) is 14.8. The van der Waals surface area contributed by atoms with Crippen LogP contribution in [-0.4, -0.2) is 27.3 Å². The highest BCUT2D eigenvalue weighted by atomic mass is 32.2. The molecule has 0 spiro atoms. The molecule has 0 aromatic heterocycles. The SMILES string of the molecule is CCCCC(NCCS(=O)(=O)NCC)c1ccccc1. The maximum Gasteiger partial charge on any atom is 0.212 e. The van der Waals surface area contributed by atoms with Crippen LogP contribution < -0.4 is 10.0 Å². The normalized spacial score (nSPS) is 13.3. The van der Waals surface area contributed by atoms with Crippen molar-refractivity contribution in [2.45, 2.75) is 39.2 Å². The Morgan fingerprint density at radius 3 is 2.45 bits per heavy atom. The Hall–Kier alpha value is -0.910. The lowest BCUT2D eigenvalue weighted by Crippen LogP contribution is -2.33. The Balaban J connectivity index is 2.54. The topological polar surface area (TPSA) is 58.2 Å². The molecule has 2 N–H and O–H groups in total. The molecule has 5 heteroatoms. The number of hydrogen-bond acceptors (Lipinski definition) is 3. The van der Waals surface area contributed by atoms with Gasteiger partial charge in [-0.05, 0) is 12.0 Å². The number of rotatable bonds is 10. The molecule has 0 heterocycles. The predicted octanol–water partition coefficient (Wildman–Crippen LogP) is 2.45. The van der Waals surface area contributed by atoms with Gasteiger partial charge in [0.1, 0.15) is 0 Å². The first-order valence-corrected chi connectivity index (χ1v) is 9.00. The second-order valence-corrected chi connectivity index (χ2v) is 6.80. The van der Waals surface area contributed by atoms with E-state index in [0.29, 0.717) is 13.1 Å². The molecule has 0 saturated carbocycles. The van der Waals surface area contributed by atoms with Gasteiger partial charge in [0.05, 0.1) is 5.75 Å². The van der Waals surface area contributed by atoms with Crippen molar-refractivity contribution in [2.24, 2.45) is 0 Å². The Bertz CT molecular complexity index is 460. The highest BCUT2D eigenvalue weighted by Gasteiger charge is 2.13. The van der Waals surface area contributed by atoms with E-state index in [2.05, 4.69) is 29.1 Å². The van der Waals surface area contributed by atoms with E-state index in [9.17, 15) is 8.42 Å². The Kier molecular flexibility index (Phi) is 7.80. The van der Waals surface area contributed by atoms with Crippen molar-refractivity contribution >= 4 is 10.0 Å². The van der Waals surface area contributed by atoms with Gasteiger partial charge in [-0.2, -0.15) is 0 Å². The van der Waals surface area contributed by atoms with Crippen molar-refractivity contribution in [3.8, 4) is 0 Å². The second kappa shape index (κ2) is 9.10. The Morgan fingerprint density at radius 1 is 1.15 bits per heavy atom. The Morgan fingerprint density at radius 2 is 1.85 bits per heavy atom. The summed E-state index contributed by atoms with van der Waals surface area (Å²) >= 11 is 0. The van der Waals surface area contributed by atoms with Gasteiger partial charge in [0, 0.05) is 19.1 Å². The average molecular weight is 298 g/mol. The molecule has 1 rings (SSSR count). The fourth-order valence-corrected chi connectivity index (χ4v) is 3.11. The number of hydrogen-bond donors (Lipinski definition) is 2. The van der Waals surface area contributed by atoms with E-state index in [0.717, 1.165) is 19.3 Å². The van der Waals surface area contributed by atoms with E-state index in [-0.39, 0.29) is 11.8 Å². The number of sulfonamides is 1. The summed E-state index contributed by atoms with van der Waals surface area (Å²) in [5.74, 6) is 0.121. The van der Waals surface area contributed by atoms with Crippen molar-refractivity contribution in [1.29, 1.82) is 0 Å². The van der Waals surface area contributed by atoms with Gasteiger partial charge in [-0.15, -0.1) is 0 Å². The quantitative estimate of drug-likeness (QED) is 0.697. The van der Waals surface area contributed by atoms with Gasteiger partial charge in [0.2, 0.25) is 10.0 Å². The molecule has 0 bridgehead atoms. The van der Waals surface area contributed by atoms with E-state index in [1.165, 1.54) is 5.56 Å². The van der Waals surface area contributed by atoms with Crippen LogP contribution in [0.3, 0.4) is 0 Å². The number of benzene rings is 1. The smallest absolute Gasteiger partial charge is 0.212 e. The van der Waals surface area contributed by atoms with E-state index >= 15 is 0 Å². The summed E-state index contributed by atoms with van der Waals surface area (Å²) < 4.78 is 25.7. The van der Waals surface area contributed by atoms with Crippen LogP contribution in [0, 0.1) is 0 Å². The van der Waals surface area contributed by atoms with Crippen molar-refractivity contribution < 1.29 is 8.42 Å². The molecule has 20 heavy (non-hydrogen) atoms. The largest absolute Gasteiger partial charge is 0.309 e. The van der Waals surface area contributed by atoms with Crippen LogP contribution in [0.25, 0.3) is 0 Å². The van der Waals surface area contributed by atoms with E-state index in [1.807, 2.05) is 18.2 Å². The fraction of sp³-hybridized carbons (Fsp3) is 0.600. The van der Waals surface area contributed by atoms with Crippen LogP contribution in [-0.2, 0) is 10.0 Å². The van der Waals surface area contributed by atoms with Gasteiger partial charge in [-0.1, -0.05) is 57.0 Å². The Labute approximate surface area is 123 Å². The van der Waals surface area contributed by atoms with Gasteiger partial charge < -0.3 is 5.32 Å². The predicted molar refractivity (Wildman–Crippen MR) is 84.2 cm³/mol. The molecule has 0 amide bonds. The van der Waals surface area contributed by atoms with Crippen LogP contribution >= 0.6 is 0 Å². The molecule has 0 radical (unpaired) electrons. The summed E-state index contributed by atoms with van der Waals surface area (Å²) in [6.07, 6.45) is 3.30. The first-order valence-electron chi connectivity index (χ1n) is 7.34. The lowest BCUT2D eigenvalue weighted by molar-refractivity contribution is 0.492. The highest BCUT2D eigenvalue weighted by molar-refractivity contribution is 7.89. The summed E-state index contributed by atoms with van der Waals surface area (Å²) in [4.78, 5) is 0. The number of unbranched alkanes of at least 4 members (excludes halogenated alkanes) is 1. The zero-order valence-electron chi connectivity index (χ0n) is 12.4. The third kappa shape index (κ3) is 6.50. The molecular weight excluding hydrogens is 272 g/mol. The summed E-state index contributed by atoms with van der Waals surface area (Å²) in [5, 5.41) is 3.37. The van der Waals surface area contributed by atoms with Gasteiger partial charge in [-0.25, -0.2) is 13.1 Å². The molecule has 0 fully saturated rings. The summed E-state index contributed by atoms with van der Waals surface area (Å²) in [6, 6.07) is 10.4. The maximum atomic E-state index is 11.6. The summed E-state index contributed by atoms with van der Waals surface area (Å²) in [5.41, 5.74) is 1.22. The first kappa shape index (κ1) is 17.1. The highest BCUT2D eigenvalue weighted by Crippen LogP contribution is 2.18. The molecule has 1 aromatic carbocycles. The summed E-state index contributed by atoms with van der Waals surface area (Å²) in [6.45, 7) is 4.87. The van der Waals surface area contributed by atoms with Crippen LogP contribution in [0.15, 0.2) is 30.3 Å². The molecule has 0 aliphatic heterocycles. The van der Waals surface area contributed by atoms with E-state index < -0.39 is 10.0 Å². The van der Waals surface area contributed by atoms with Crippen LogP contribution in [0.2, 0.25) is 0 Å². The molecular formula is C15H26N2O2S. The lowest BCUT2D eigenvalue weighted by atomic mass is 10.0. The molecule has 114 valence electrons. The maximum absolute atomic E-state index is 11.6. The molecule has 1 aromatic rings. The van der Waals surface area contributed by atoms with Crippen molar-refractivity contribution in [3.63, 3.8) is 0 Å². The standard InChI is InChI=1S/C15H26N2O2S/c1-3-5-11-15(14-9-7-6-8-10-14)16-12-13-20(18,19)17-4-2/h6-10,15-17H,3-5,11-13H2,1-2H3. The van der Waals surface area contributed by atoms with Crippen molar-refractivity contribution in [2.75, 3.05) is 18.8 Å². The van der Waals surface area contributed by atoms with E-state index in [4.69, 9.17) is 0 Å². The molecule has 1 unspecified atom stereocenters. The van der Waals surface area contributed by atoms with Gasteiger partial charge in [-0.3, -0.25) is 0 Å². The van der Waals surface area contributed by atoms with Crippen molar-refractivity contribution in [1.82, 2.24) is 10.0 Å². The molecule has 1 atom stereocenters. The van der Waals surface area contributed by atoms with Crippen LogP contribution in [0.4, 0.5) is 0 Å². The van der Waals surface area contributed by atoms with Crippen LogP contribution in [0.5, 0.6) is 0 Å². The average Bonchev–Trinajstić information content (AvgIpc) is 2.43. The zero-order valence-corrected chi connectivity index (χ0v) is 13.2. The summed E-state index contributed by atoms with van der Waals surface area (Å²) in [7, 11) is -3.14. The fourth-order valence-electron chi connectivity index (χ4n) is 2.14. The third-order valence-corrected chi connectivity index (χ3v) is 4.64. The third-order valence-electron chi connectivity index (χ3n) is 3.17. The molecule has 0 aliphatic rings. The minimum atomic E-state index is -3.14. The van der Waals surface area contributed by atoms with Gasteiger partial charge >= 0.3 is 0 Å². The monoisotopic (exact) mass is 298 g/mol. The molecule has 4 nitrogen and oxygen atoms in total. The second-order valence-electron chi connectivity index (χ2n) is 4.88. The molecule has 0 aliphatic carbocycles. The lowest BCUT2D eigenvalue weighted by Gasteiger charge is -2.19. The number of nitrogens with one attached hydrogen (secondary N) is 2. The minimum absolute atomic E-state index is 0.121. The van der Waals surface area contributed by atoms with Gasteiger partial charge in [0.15, 0.2) is 0 Å². The van der Waals surface area contributed by atoms with Gasteiger partial charge in [0.25, 0.3) is 0 Å². The van der Waals surface area contributed by atoms with Crippen LogP contribution in [0.1, 0.15) is 44.7 Å². The first-order chi connectivity index (χ1) is 9.59.